The first-order valence-corrected chi connectivity index (χ1v) is 5.56. The van der Waals surface area contributed by atoms with Crippen LogP contribution < -0.4 is 5.73 Å². The lowest BCUT2D eigenvalue weighted by atomic mass is 10.0. The number of nitrogens with two attached hydrogens (primary N) is 1. The first-order valence-electron chi connectivity index (χ1n) is 5.18. The van der Waals surface area contributed by atoms with Crippen LogP contribution in [0.25, 0.3) is 0 Å². The lowest BCUT2D eigenvalue weighted by molar-refractivity contribution is 0.597. The fraction of sp³-hybridized carbons (Fsp3) is 0.500. The molecule has 2 N–H and O–H groups in total. The molecule has 0 unspecified atom stereocenters. The standard InChI is InChI=1S/C12H16ClN.ClH/c1-8-2-5-10(7-11(8)13)12(14)6-9-3-4-9;/h2,5,7,9,12H,3-4,6,14H2,1H3;1H/t12-;/m0./s1. The van der Waals surface area contributed by atoms with Gasteiger partial charge in [-0.3, -0.25) is 0 Å². The smallest absolute Gasteiger partial charge is 0.0438 e. The normalized spacial score (nSPS) is 17.0. The van der Waals surface area contributed by atoms with E-state index in [1.54, 1.807) is 0 Å². The van der Waals surface area contributed by atoms with Gasteiger partial charge in [-0.25, -0.2) is 0 Å². The van der Waals surface area contributed by atoms with Gasteiger partial charge in [0.15, 0.2) is 0 Å². The van der Waals surface area contributed by atoms with Gasteiger partial charge < -0.3 is 5.73 Å². The second-order valence-corrected chi connectivity index (χ2v) is 4.70. The lowest BCUT2D eigenvalue weighted by Crippen LogP contribution is -2.10. The summed E-state index contributed by atoms with van der Waals surface area (Å²) in [7, 11) is 0. The molecule has 15 heavy (non-hydrogen) atoms. The summed E-state index contributed by atoms with van der Waals surface area (Å²) in [5.74, 6) is 0.866. The molecule has 0 bridgehead atoms. The third kappa shape index (κ3) is 3.37. The molecule has 1 atom stereocenters. The van der Waals surface area contributed by atoms with E-state index in [0.29, 0.717) is 0 Å². The van der Waals surface area contributed by atoms with Crippen molar-refractivity contribution in [3.63, 3.8) is 0 Å². The molecule has 0 saturated heterocycles. The van der Waals surface area contributed by atoms with Gasteiger partial charge in [-0.15, -0.1) is 12.4 Å². The first-order chi connectivity index (χ1) is 6.66. The van der Waals surface area contributed by atoms with E-state index >= 15 is 0 Å². The Morgan fingerprint density at radius 1 is 1.47 bits per heavy atom. The van der Waals surface area contributed by atoms with Crippen molar-refractivity contribution >= 4 is 24.0 Å². The summed E-state index contributed by atoms with van der Waals surface area (Å²) in [6.45, 7) is 2.01. The molecule has 1 nitrogen and oxygen atoms in total. The highest BCUT2D eigenvalue weighted by Gasteiger charge is 2.24. The predicted molar refractivity (Wildman–Crippen MR) is 67.7 cm³/mol. The number of aryl methyl sites for hydroxylation is 1. The van der Waals surface area contributed by atoms with Crippen LogP contribution in [0, 0.1) is 12.8 Å². The third-order valence-electron chi connectivity index (χ3n) is 2.91. The Morgan fingerprint density at radius 2 is 2.13 bits per heavy atom. The average molecular weight is 246 g/mol. The van der Waals surface area contributed by atoms with Gasteiger partial charge in [0, 0.05) is 11.1 Å². The van der Waals surface area contributed by atoms with Crippen LogP contribution in [0.2, 0.25) is 5.02 Å². The van der Waals surface area contributed by atoms with E-state index in [2.05, 4.69) is 6.07 Å². The zero-order valence-electron chi connectivity index (χ0n) is 8.87. The van der Waals surface area contributed by atoms with Gasteiger partial charge in [-0.1, -0.05) is 36.6 Å². The number of halogens is 2. The molecule has 3 heteroatoms. The van der Waals surface area contributed by atoms with Crippen molar-refractivity contribution in [3.05, 3.63) is 34.3 Å². The highest BCUT2D eigenvalue weighted by molar-refractivity contribution is 6.31. The van der Waals surface area contributed by atoms with E-state index in [4.69, 9.17) is 17.3 Å². The molecule has 0 spiro atoms. The summed E-state index contributed by atoms with van der Waals surface area (Å²) in [4.78, 5) is 0. The highest BCUT2D eigenvalue weighted by Crippen LogP contribution is 2.37. The van der Waals surface area contributed by atoms with E-state index < -0.39 is 0 Å². The molecule has 0 radical (unpaired) electrons. The van der Waals surface area contributed by atoms with E-state index in [9.17, 15) is 0 Å². The Morgan fingerprint density at radius 3 is 2.67 bits per heavy atom. The van der Waals surface area contributed by atoms with E-state index in [1.807, 2.05) is 19.1 Å². The molecule has 1 aromatic rings. The van der Waals surface area contributed by atoms with Crippen molar-refractivity contribution in [1.29, 1.82) is 0 Å². The Bertz CT molecular complexity index is 334. The van der Waals surface area contributed by atoms with Gasteiger partial charge in [-0.2, -0.15) is 0 Å². The molecule has 0 amide bonds. The molecular weight excluding hydrogens is 229 g/mol. The highest BCUT2D eigenvalue weighted by atomic mass is 35.5. The molecule has 0 aromatic heterocycles. The molecule has 1 fully saturated rings. The van der Waals surface area contributed by atoms with Gasteiger partial charge in [-0.05, 0) is 36.5 Å². The topological polar surface area (TPSA) is 26.0 Å². The largest absolute Gasteiger partial charge is 0.324 e. The van der Waals surface area contributed by atoms with Crippen LogP contribution in [-0.4, -0.2) is 0 Å². The molecule has 1 aliphatic carbocycles. The quantitative estimate of drug-likeness (QED) is 0.860. The predicted octanol–water partition coefficient (Wildman–Crippen LogP) is 3.87. The van der Waals surface area contributed by atoms with Crippen molar-refractivity contribution in [2.45, 2.75) is 32.2 Å². The Kier molecular flexibility index (Phi) is 4.45. The monoisotopic (exact) mass is 245 g/mol. The Labute approximate surface area is 102 Å². The fourth-order valence-corrected chi connectivity index (χ4v) is 1.88. The van der Waals surface area contributed by atoms with Crippen LogP contribution in [0.3, 0.4) is 0 Å². The van der Waals surface area contributed by atoms with Gasteiger partial charge in [0.2, 0.25) is 0 Å². The maximum absolute atomic E-state index is 6.10. The second kappa shape index (κ2) is 5.20. The maximum Gasteiger partial charge on any atom is 0.0438 e. The van der Waals surface area contributed by atoms with Crippen LogP contribution in [0.1, 0.15) is 36.4 Å². The molecule has 1 aliphatic rings. The summed E-state index contributed by atoms with van der Waals surface area (Å²) in [5.41, 5.74) is 8.39. The molecule has 84 valence electrons. The molecular formula is C12H17Cl2N. The molecule has 1 saturated carbocycles. The zero-order chi connectivity index (χ0) is 10.1. The number of benzene rings is 1. The minimum Gasteiger partial charge on any atom is -0.324 e. The summed E-state index contributed by atoms with van der Waals surface area (Å²) >= 11 is 6.05. The molecule has 1 aromatic carbocycles. The fourth-order valence-electron chi connectivity index (χ4n) is 1.69. The van der Waals surface area contributed by atoms with E-state index in [1.165, 1.54) is 18.4 Å². The van der Waals surface area contributed by atoms with E-state index in [0.717, 1.165) is 22.9 Å². The zero-order valence-corrected chi connectivity index (χ0v) is 10.4. The molecule has 2 rings (SSSR count). The second-order valence-electron chi connectivity index (χ2n) is 4.29. The van der Waals surface area contributed by atoms with Crippen molar-refractivity contribution in [1.82, 2.24) is 0 Å². The minimum atomic E-state index is 0. The Hall–Kier alpha value is -0.240. The summed E-state index contributed by atoms with van der Waals surface area (Å²) in [6, 6.07) is 6.31. The minimum absolute atomic E-state index is 0. The van der Waals surface area contributed by atoms with Crippen LogP contribution >= 0.6 is 24.0 Å². The van der Waals surface area contributed by atoms with Crippen molar-refractivity contribution in [2.24, 2.45) is 11.7 Å². The summed E-state index contributed by atoms with van der Waals surface area (Å²) in [5, 5.41) is 0.828. The van der Waals surface area contributed by atoms with Crippen molar-refractivity contribution in [3.8, 4) is 0 Å². The first kappa shape index (κ1) is 12.8. The van der Waals surface area contributed by atoms with Gasteiger partial charge in [0.05, 0.1) is 0 Å². The van der Waals surface area contributed by atoms with Gasteiger partial charge >= 0.3 is 0 Å². The van der Waals surface area contributed by atoms with Crippen molar-refractivity contribution < 1.29 is 0 Å². The molecule has 0 heterocycles. The number of rotatable bonds is 3. The van der Waals surface area contributed by atoms with E-state index in [-0.39, 0.29) is 18.4 Å². The Balaban J connectivity index is 0.00000112. The number of hydrogen-bond acceptors (Lipinski definition) is 1. The lowest BCUT2D eigenvalue weighted by Gasteiger charge is -2.12. The third-order valence-corrected chi connectivity index (χ3v) is 3.32. The van der Waals surface area contributed by atoms with Crippen molar-refractivity contribution in [2.75, 3.05) is 0 Å². The summed E-state index contributed by atoms with van der Waals surface area (Å²) in [6.07, 6.45) is 3.82. The van der Waals surface area contributed by atoms with Crippen LogP contribution in [0.5, 0.6) is 0 Å². The summed E-state index contributed by atoms with van der Waals surface area (Å²) < 4.78 is 0. The molecule has 0 aliphatic heterocycles. The van der Waals surface area contributed by atoms with Crippen LogP contribution in [0.15, 0.2) is 18.2 Å². The van der Waals surface area contributed by atoms with Gasteiger partial charge in [0.1, 0.15) is 0 Å². The number of hydrogen-bond donors (Lipinski definition) is 1. The maximum atomic E-state index is 6.10. The SMILES string of the molecule is Cc1ccc([C@@H](N)CC2CC2)cc1Cl.Cl. The average Bonchev–Trinajstić information content (AvgIpc) is 2.93. The van der Waals surface area contributed by atoms with Crippen LogP contribution in [-0.2, 0) is 0 Å². The van der Waals surface area contributed by atoms with Crippen LogP contribution in [0.4, 0.5) is 0 Å². The van der Waals surface area contributed by atoms with Gasteiger partial charge in [0.25, 0.3) is 0 Å².